The third kappa shape index (κ3) is 1.88. The van der Waals surface area contributed by atoms with Crippen LogP contribution in [0, 0.1) is 0 Å². The van der Waals surface area contributed by atoms with Crippen LogP contribution >= 0.6 is 0 Å². The SMILES string of the molecule is c1cc2c(cc1-c1ccc3c(c1)NCC3)CCCO2. The largest absolute Gasteiger partial charge is 0.493 e. The predicted octanol–water partition coefficient (Wildman–Crippen LogP) is 3.65. The predicted molar refractivity (Wildman–Crippen MR) is 77.9 cm³/mol. The number of anilines is 1. The first-order valence-electron chi connectivity index (χ1n) is 7.03. The van der Waals surface area contributed by atoms with Crippen LogP contribution in [0.3, 0.4) is 0 Å². The van der Waals surface area contributed by atoms with Crippen LogP contribution < -0.4 is 10.1 Å². The van der Waals surface area contributed by atoms with Gasteiger partial charge in [-0.05, 0) is 59.7 Å². The minimum atomic E-state index is 0.856. The van der Waals surface area contributed by atoms with E-state index >= 15 is 0 Å². The maximum atomic E-state index is 5.68. The Morgan fingerprint density at radius 2 is 1.79 bits per heavy atom. The van der Waals surface area contributed by atoms with Crippen LogP contribution in [0.1, 0.15) is 17.5 Å². The molecule has 96 valence electrons. The fourth-order valence-electron chi connectivity index (χ4n) is 3.01. The summed E-state index contributed by atoms with van der Waals surface area (Å²) in [6.45, 7) is 1.92. The molecule has 2 aromatic rings. The Morgan fingerprint density at radius 1 is 0.895 bits per heavy atom. The molecule has 2 heteroatoms. The van der Waals surface area contributed by atoms with E-state index in [0.29, 0.717) is 0 Å². The molecule has 2 heterocycles. The van der Waals surface area contributed by atoms with Crippen LogP contribution in [0.2, 0.25) is 0 Å². The minimum Gasteiger partial charge on any atom is -0.493 e. The van der Waals surface area contributed by atoms with Gasteiger partial charge in [0.2, 0.25) is 0 Å². The summed E-state index contributed by atoms with van der Waals surface area (Å²) in [5.74, 6) is 1.06. The first kappa shape index (κ1) is 10.9. The lowest BCUT2D eigenvalue weighted by Crippen LogP contribution is -2.08. The number of benzene rings is 2. The fraction of sp³-hybridized carbons (Fsp3) is 0.294. The molecule has 0 aliphatic carbocycles. The van der Waals surface area contributed by atoms with E-state index in [2.05, 4.69) is 41.7 Å². The van der Waals surface area contributed by atoms with Gasteiger partial charge in [-0.2, -0.15) is 0 Å². The lowest BCUT2D eigenvalue weighted by atomic mass is 9.97. The van der Waals surface area contributed by atoms with E-state index in [9.17, 15) is 0 Å². The summed E-state index contributed by atoms with van der Waals surface area (Å²) >= 11 is 0. The van der Waals surface area contributed by atoms with Gasteiger partial charge < -0.3 is 10.1 Å². The van der Waals surface area contributed by atoms with Gasteiger partial charge in [0, 0.05) is 12.2 Å². The van der Waals surface area contributed by atoms with Crippen molar-refractivity contribution >= 4 is 5.69 Å². The van der Waals surface area contributed by atoms with Gasteiger partial charge in [0.25, 0.3) is 0 Å². The Hall–Kier alpha value is -1.96. The molecule has 0 fully saturated rings. The molecule has 2 nitrogen and oxygen atoms in total. The highest BCUT2D eigenvalue weighted by atomic mass is 16.5. The maximum absolute atomic E-state index is 5.68. The number of ether oxygens (including phenoxy) is 1. The molecule has 0 bridgehead atoms. The number of aryl methyl sites for hydroxylation is 1. The van der Waals surface area contributed by atoms with Crippen molar-refractivity contribution < 1.29 is 4.74 Å². The second kappa shape index (κ2) is 4.30. The zero-order chi connectivity index (χ0) is 12.7. The molecule has 2 aliphatic heterocycles. The van der Waals surface area contributed by atoms with E-state index < -0.39 is 0 Å². The van der Waals surface area contributed by atoms with Gasteiger partial charge in [0.15, 0.2) is 0 Å². The van der Waals surface area contributed by atoms with Crippen molar-refractivity contribution in [2.75, 3.05) is 18.5 Å². The summed E-state index contributed by atoms with van der Waals surface area (Å²) in [6, 6.07) is 13.3. The summed E-state index contributed by atoms with van der Waals surface area (Å²) in [7, 11) is 0. The number of nitrogens with one attached hydrogen (secondary N) is 1. The molecule has 0 spiro atoms. The van der Waals surface area contributed by atoms with Crippen LogP contribution in [0.5, 0.6) is 5.75 Å². The summed E-state index contributed by atoms with van der Waals surface area (Å²) < 4.78 is 5.68. The first-order chi connectivity index (χ1) is 9.40. The number of hydrogen-bond acceptors (Lipinski definition) is 2. The third-order valence-corrected chi connectivity index (χ3v) is 4.06. The van der Waals surface area contributed by atoms with Gasteiger partial charge >= 0.3 is 0 Å². The molecule has 0 unspecified atom stereocenters. The Kier molecular flexibility index (Phi) is 2.47. The molecule has 0 saturated carbocycles. The highest BCUT2D eigenvalue weighted by Gasteiger charge is 2.13. The number of hydrogen-bond donors (Lipinski definition) is 1. The van der Waals surface area contributed by atoms with Crippen LogP contribution in [0.4, 0.5) is 5.69 Å². The van der Waals surface area contributed by atoms with E-state index in [1.807, 2.05) is 0 Å². The Morgan fingerprint density at radius 3 is 2.79 bits per heavy atom. The highest BCUT2D eigenvalue weighted by molar-refractivity contribution is 5.72. The van der Waals surface area contributed by atoms with Gasteiger partial charge in [-0.1, -0.05) is 18.2 Å². The molecule has 0 aromatic heterocycles. The van der Waals surface area contributed by atoms with E-state index in [1.165, 1.54) is 27.9 Å². The van der Waals surface area contributed by atoms with E-state index in [4.69, 9.17) is 4.74 Å². The zero-order valence-corrected chi connectivity index (χ0v) is 10.9. The molecule has 2 aliphatic rings. The molecule has 0 saturated heterocycles. The van der Waals surface area contributed by atoms with Crippen LogP contribution in [-0.4, -0.2) is 13.2 Å². The normalized spacial score (nSPS) is 16.2. The van der Waals surface area contributed by atoms with Gasteiger partial charge in [-0.15, -0.1) is 0 Å². The molecule has 0 atom stereocenters. The molecule has 2 aromatic carbocycles. The van der Waals surface area contributed by atoms with Crippen LogP contribution in [0.25, 0.3) is 11.1 Å². The standard InChI is InChI=1S/C17H17NO/c1-2-15-10-13(5-6-17(15)19-9-1)14-4-3-12-7-8-18-16(12)11-14/h3-6,10-11,18H,1-2,7-9H2. The van der Waals surface area contributed by atoms with Crippen molar-refractivity contribution in [3.05, 3.63) is 47.5 Å². The lowest BCUT2D eigenvalue weighted by molar-refractivity contribution is 0.288. The summed E-state index contributed by atoms with van der Waals surface area (Å²) in [5.41, 5.74) is 6.66. The third-order valence-electron chi connectivity index (χ3n) is 4.06. The van der Waals surface area contributed by atoms with Gasteiger partial charge in [0.1, 0.15) is 5.75 Å². The molecule has 1 N–H and O–H groups in total. The molecule has 4 rings (SSSR count). The fourth-order valence-corrected chi connectivity index (χ4v) is 3.01. The Labute approximate surface area is 113 Å². The van der Waals surface area contributed by atoms with Gasteiger partial charge in [-0.3, -0.25) is 0 Å². The van der Waals surface area contributed by atoms with E-state index in [0.717, 1.165) is 38.2 Å². The first-order valence-corrected chi connectivity index (χ1v) is 7.03. The van der Waals surface area contributed by atoms with Crippen LogP contribution in [-0.2, 0) is 12.8 Å². The molecular weight excluding hydrogens is 234 g/mol. The second-order valence-electron chi connectivity index (χ2n) is 5.32. The van der Waals surface area contributed by atoms with Crippen molar-refractivity contribution in [2.45, 2.75) is 19.3 Å². The highest BCUT2D eigenvalue weighted by Crippen LogP contribution is 2.33. The molecule has 0 radical (unpaired) electrons. The van der Waals surface area contributed by atoms with Gasteiger partial charge in [0.05, 0.1) is 6.61 Å². The summed E-state index contributed by atoms with van der Waals surface area (Å²) in [5, 5.41) is 3.45. The van der Waals surface area contributed by atoms with Crippen molar-refractivity contribution in [1.82, 2.24) is 0 Å². The lowest BCUT2D eigenvalue weighted by Gasteiger charge is -2.18. The van der Waals surface area contributed by atoms with Crippen molar-refractivity contribution in [3.8, 4) is 16.9 Å². The Balaban J connectivity index is 1.76. The maximum Gasteiger partial charge on any atom is 0.122 e. The second-order valence-corrected chi connectivity index (χ2v) is 5.32. The van der Waals surface area contributed by atoms with Crippen LogP contribution in [0.15, 0.2) is 36.4 Å². The average Bonchev–Trinajstić information content (AvgIpc) is 2.94. The average molecular weight is 251 g/mol. The van der Waals surface area contributed by atoms with Crippen molar-refractivity contribution in [3.63, 3.8) is 0 Å². The van der Waals surface area contributed by atoms with Crippen molar-refractivity contribution in [2.24, 2.45) is 0 Å². The van der Waals surface area contributed by atoms with E-state index in [1.54, 1.807) is 0 Å². The molecule has 0 amide bonds. The molecule has 19 heavy (non-hydrogen) atoms. The smallest absolute Gasteiger partial charge is 0.122 e. The minimum absolute atomic E-state index is 0.856. The Bertz CT molecular complexity index is 633. The van der Waals surface area contributed by atoms with Gasteiger partial charge in [-0.25, -0.2) is 0 Å². The summed E-state index contributed by atoms with van der Waals surface area (Å²) in [4.78, 5) is 0. The van der Waals surface area contributed by atoms with E-state index in [-0.39, 0.29) is 0 Å². The topological polar surface area (TPSA) is 21.3 Å². The quantitative estimate of drug-likeness (QED) is 0.835. The zero-order valence-electron chi connectivity index (χ0n) is 10.9. The number of rotatable bonds is 1. The van der Waals surface area contributed by atoms with Crippen molar-refractivity contribution in [1.29, 1.82) is 0 Å². The monoisotopic (exact) mass is 251 g/mol. The molecular formula is C17H17NO. The summed E-state index contributed by atoms with van der Waals surface area (Å²) in [6.07, 6.45) is 3.40. The number of fused-ring (bicyclic) bond motifs is 2.